The lowest BCUT2D eigenvalue weighted by Crippen LogP contribution is -2.16. The highest BCUT2D eigenvalue weighted by Gasteiger charge is 2.22. The van der Waals surface area contributed by atoms with Crippen LogP contribution in [0.2, 0.25) is 0 Å². The number of nitrogens with one attached hydrogen (secondary N) is 1. The van der Waals surface area contributed by atoms with Crippen molar-refractivity contribution in [1.29, 1.82) is 0 Å². The molecule has 6 nitrogen and oxygen atoms in total. The predicted molar refractivity (Wildman–Crippen MR) is 106 cm³/mol. The molecule has 146 valence electrons. The van der Waals surface area contributed by atoms with Gasteiger partial charge in [0.05, 0.1) is 5.69 Å². The van der Waals surface area contributed by atoms with Crippen molar-refractivity contribution in [2.45, 2.75) is 20.8 Å². The van der Waals surface area contributed by atoms with Gasteiger partial charge in [-0.2, -0.15) is 4.37 Å². The summed E-state index contributed by atoms with van der Waals surface area (Å²) in [4.78, 5) is 25.0. The minimum absolute atomic E-state index is 0.304. The fraction of sp³-hybridized carbons (Fsp3) is 0.250. The summed E-state index contributed by atoms with van der Waals surface area (Å²) in [5.74, 6) is -1.22. The first-order valence-corrected chi connectivity index (χ1v) is 9.40. The molecule has 0 saturated carbocycles. The number of aromatic nitrogens is 2. The molecule has 28 heavy (non-hydrogen) atoms. The van der Waals surface area contributed by atoms with Gasteiger partial charge in [0.25, 0.3) is 0 Å². The molecule has 0 aliphatic carbocycles. The molecule has 3 aromatic rings. The minimum Gasteiger partial charge on any atom is -0.454 e. The molecule has 8 heteroatoms. The zero-order chi connectivity index (χ0) is 20.4. The summed E-state index contributed by atoms with van der Waals surface area (Å²) in [6.07, 6.45) is 0. The number of esters is 1. The topological polar surface area (TPSA) is 73.2 Å². The number of carbonyl (C=O) groups excluding carboxylic acids is 2. The molecular formula is C20H20FN3O3S. The number of hydrogen-bond donors (Lipinski definition) is 1. The van der Waals surface area contributed by atoms with Gasteiger partial charge in [0.15, 0.2) is 6.61 Å². The van der Waals surface area contributed by atoms with Gasteiger partial charge in [0.1, 0.15) is 16.4 Å². The number of aryl methyl sites for hydroxylation is 2. The molecule has 0 bridgehead atoms. The van der Waals surface area contributed by atoms with Crippen LogP contribution in [0.25, 0.3) is 5.69 Å². The Labute approximate surface area is 166 Å². The van der Waals surface area contributed by atoms with Crippen LogP contribution in [-0.4, -0.2) is 34.3 Å². The van der Waals surface area contributed by atoms with E-state index in [1.807, 2.05) is 11.5 Å². The molecule has 0 radical (unpaired) electrons. The van der Waals surface area contributed by atoms with Gasteiger partial charge < -0.3 is 14.6 Å². The lowest BCUT2D eigenvalue weighted by atomic mass is 10.1. The third-order valence-electron chi connectivity index (χ3n) is 4.44. The Balaban J connectivity index is 1.78. The number of hydrogen-bond acceptors (Lipinski definition) is 6. The lowest BCUT2D eigenvalue weighted by molar-refractivity contribution is 0.0475. The summed E-state index contributed by atoms with van der Waals surface area (Å²) in [6.45, 7) is 5.01. The third kappa shape index (κ3) is 3.68. The molecule has 2 aromatic heterocycles. The quantitative estimate of drug-likeness (QED) is 0.498. The third-order valence-corrected chi connectivity index (χ3v) is 5.40. The highest BCUT2D eigenvalue weighted by molar-refractivity contribution is 7.10. The van der Waals surface area contributed by atoms with Crippen molar-refractivity contribution in [2.24, 2.45) is 0 Å². The second-order valence-electron chi connectivity index (χ2n) is 6.32. The van der Waals surface area contributed by atoms with Gasteiger partial charge in [0, 0.05) is 29.7 Å². The minimum atomic E-state index is -0.587. The number of nitrogens with zero attached hydrogens (tertiary/aromatic N) is 2. The molecule has 0 unspecified atom stereocenters. The normalized spacial score (nSPS) is 10.8. The Bertz CT molecular complexity index is 1040. The van der Waals surface area contributed by atoms with Gasteiger partial charge in [-0.05, 0) is 62.6 Å². The van der Waals surface area contributed by atoms with E-state index < -0.39 is 5.97 Å². The predicted octanol–water partition coefficient (Wildman–Crippen LogP) is 4.08. The maximum atomic E-state index is 13.2. The smallest absolute Gasteiger partial charge is 0.343 e. The zero-order valence-corrected chi connectivity index (χ0v) is 16.8. The van der Waals surface area contributed by atoms with Crippen LogP contribution >= 0.6 is 11.5 Å². The largest absolute Gasteiger partial charge is 0.454 e. The van der Waals surface area contributed by atoms with E-state index >= 15 is 0 Å². The van der Waals surface area contributed by atoms with E-state index in [0.29, 0.717) is 27.5 Å². The number of rotatable bonds is 6. The fourth-order valence-electron chi connectivity index (χ4n) is 3.09. The first-order valence-electron chi connectivity index (χ1n) is 8.62. The molecule has 0 saturated heterocycles. The van der Waals surface area contributed by atoms with Crippen LogP contribution in [-0.2, 0) is 4.74 Å². The van der Waals surface area contributed by atoms with E-state index in [9.17, 15) is 14.0 Å². The summed E-state index contributed by atoms with van der Waals surface area (Å²) in [6, 6.07) is 7.78. The Morgan fingerprint density at radius 3 is 2.54 bits per heavy atom. The van der Waals surface area contributed by atoms with Crippen LogP contribution in [0.3, 0.4) is 0 Å². The highest BCUT2D eigenvalue weighted by Crippen LogP contribution is 2.25. The molecule has 0 spiro atoms. The van der Waals surface area contributed by atoms with Crippen LogP contribution in [0.1, 0.15) is 37.8 Å². The summed E-state index contributed by atoms with van der Waals surface area (Å²) in [5.41, 5.74) is 3.65. The van der Waals surface area contributed by atoms with Gasteiger partial charge in [-0.3, -0.25) is 4.79 Å². The SMILES string of the molecule is CNc1snc(C)c1C(=O)OCC(=O)c1cc(C)n(-c2ccc(F)cc2)c1C. The van der Waals surface area contributed by atoms with Crippen molar-refractivity contribution in [3.05, 3.63) is 64.4 Å². The van der Waals surface area contributed by atoms with Crippen molar-refractivity contribution in [1.82, 2.24) is 8.94 Å². The number of anilines is 1. The number of ether oxygens (including phenoxy) is 1. The number of ketones is 1. The summed E-state index contributed by atoms with van der Waals surface area (Å²) in [5, 5.41) is 3.50. The second-order valence-corrected chi connectivity index (χ2v) is 7.09. The van der Waals surface area contributed by atoms with Crippen molar-refractivity contribution in [3.63, 3.8) is 0 Å². The molecule has 0 atom stereocenters. The molecule has 0 aliphatic rings. The van der Waals surface area contributed by atoms with E-state index in [0.717, 1.165) is 22.9 Å². The monoisotopic (exact) mass is 401 g/mol. The van der Waals surface area contributed by atoms with Gasteiger partial charge in [-0.1, -0.05) is 0 Å². The van der Waals surface area contributed by atoms with E-state index in [2.05, 4.69) is 9.69 Å². The van der Waals surface area contributed by atoms with E-state index in [-0.39, 0.29) is 18.2 Å². The first kappa shape index (κ1) is 19.8. The fourth-order valence-corrected chi connectivity index (χ4v) is 3.83. The average molecular weight is 401 g/mol. The van der Waals surface area contributed by atoms with Crippen molar-refractivity contribution in [2.75, 3.05) is 19.0 Å². The number of halogens is 1. The first-order chi connectivity index (χ1) is 13.3. The van der Waals surface area contributed by atoms with Crippen molar-refractivity contribution < 1.29 is 18.7 Å². The van der Waals surface area contributed by atoms with E-state index in [1.165, 1.54) is 12.1 Å². The average Bonchev–Trinajstić information content (AvgIpc) is 3.19. The Hall–Kier alpha value is -3.00. The molecule has 0 fully saturated rings. The van der Waals surface area contributed by atoms with E-state index in [4.69, 9.17) is 4.74 Å². The second kappa shape index (κ2) is 7.93. The number of benzene rings is 1. The highest BCUT2D eigenvalue weighted by atomic mass is 32.1. The molecule has 3 rings (SSSR count). The van der Waals surface area contributed by atoms with Crippen LogP contribution in [0.15, 0.2) is 30.3 Å². The van der Waals surface area contributed by atoms with Crippen LogP contribution in [0.4, 0.5) is 9.39 Å². The van der Waals surface area contributed by atoms with Crippen molar-refractivity contribution >= 4 is 28.3 Å². The van der Waals surface area contributed by atoms with Gasteiger partial charge in [0.2, 0.25) is 5.78 Å². The molecule has 1 aromatic carbocycles. The summed E-state index contributed by atoms with van der Waals surface area (Å²) < 4.78 is 24.4. The Morgan fingerprint density at radius 1 is 1.21 bits per heavy atom. The van der Waals surface area contributed by atoms with Gasteiger partial charge in [-0.25, -0.2) is 9.18 Å². The molecule has 2 heterocycles. The standard InChI is InChI=1S/C20H20FN3O3S/c1-11-9-16(13(3)24(11)15-7-5-14(21)6-8-15)17(25)10-27-20(26)18-12(2)23-28-19(18)22-4/h5-9,22H,10H2,1-4H3. The maximum Gasteiger partial charge on any atom is 0.343 e. The number of carbonyl (C=O) groups is 2. The van der Waals surface area contributed by atoms with Crippen LogP contribution in [0, 0.1) is 26.6 Å². The number of Topliss-reactive ketones (excluding diaryl/α,β-unsaturated/α-hetero) is 1. The van der Waals surface area contributed by atoms with Crippen molar-refractivity contribution in [3.8, 4) is 5.69 Å². The molecule has 0 aliphatic heterocycles. The summed E-state index contributed by atoms with van der Waals surface area (Å²) >= 11 is 1.16. The van der Waals surface area contributed by atoms with Crippen LogP contribution in [0.5, 0.6) is 0 Å². The Morgan fingerprint density at radius 2 is 1.89 bits per heavy atom. The maximum absolute atomic E-state index is 13.2. The van der Waals surface area contributed by atoms with Gasteiger partial charge in [-0.15, -0.1) is 0 Å². The molecular weight excluding hydrogens is 381 g/mol. The van der Waals surface area contributed by atoms with Gasteiger partial charge >= 0.3 is 5.97 Å². The lowest BCUT2D eigenvalue weighted by Gasteiger charge is -2.10. The molecule has 1 N–H and O–H groups in total. The summed E-state index contributed by atoms with van der Waals surface area (Å²) in [7, 11) is 1.69. The van der Waals surface area contributed by atoms with E-state index in [1.54, 1.807) is 39.1 Å². The molecule has 0 amide bonds. The zero-order valence-electron chi connectivity index (χ0n) is 16.0. The van der Waals surface area contributed by atoms with Crippen LogP contribution < -0.4 is 5.32 Å². The Kier molecular flexibility index (Phi) is 5.60.